The van der Waals surface area contributed by atoms with Crippen molar-refractivity contribution in [2.75, 3.05) is 0 Å². The Morgan fingerprint density at radius 2 is 1.80 bits per heavy atom. The molecule has 0 fully saturated rings. The fourth-order valence-electron chi connectivity index (χ4n) is 2.32. The van der Waals surface area contributed by atoms with Crippen LogP contribution in [0.5, 0.6) is 11.5 Å². The molecule has 3 aromatic carbocycles. The van der Waals surface area contributed by atoms with E-state index in [0.717, 1.165) is 10.8 Å². The van der Waals surface area contributed by atoms with Gasteiger partial charge in [-0.05, 0) is 57.6 Å². The maximum absolute atomic E-state index is 12.2. The summed E-state index contributed by atoms with van der Waals surface area (Å²) >= 11 is 7.88. The quantitative estimate of drug-likeness (QED) is 0.306. The third-order valence-electron chi connectivity index (χ3n) is 3.54. The highest BCUT2D eigenvalue weighted by Gasteiger charge is 2.12. The lowest BCUT2D eigenvalue weighted by molar-refractivity contribution is 0.0952. The van der Waals surface area contributed by atoms with Crippen molar-refractivity contribution in [3.8, 4) is 11.5 Å². The van der Waals surface area contributed by atoms with Gasteiger partial charge in [0.1, 0.15) is 11.5 Å². The van der Waals surface area contributed by atoms with Gasteiger partial charge in [-0.1, -0.05) is 35.9 Å². The number of phenolic OH excluding ortho intramolecular Hbond substituents is 2. The van der Waals surface area contributed by atoms with E-state index in [2.05, 4.69) is 10.5 Å². The number of phenols is 2. The van der Waals surface area contributed by atoms with E-state index in [1.807, 2.05) is 46.9 Å². The Balaban J connectivity index is 1.82. The Morgan fingerprint density at radius 3 is 2.52 bits per heavy atom. The zero-order valence-electron chi connectivity index (χ0n) is 12.7. The van der Waals surface area contributed by atoms with Crippen molar-refractivity contribution in [3.05, 3.63) is 68.3 Å². The van der Waals surface area contributed by atoms with Crippen LogP contribution in [0.4, 0.5) is 0 Å². The largest absolute Gasteiger partial charge is 0.507 e. The first-order chi connectivity index (χ1) is 12.0. The molecule has 7 heteroatoms. The van der Waals surface area contributed by atoms with Gasteiger partial charge in [0, 0.05) is 10.6 Å². The van der Waals surface area contributed by atoms with Gasteiger partial charge in [0.25, 0.3) is 5.91 Å². The minimum absolute atomic E-state index is 0.0246. The summed E-state index contributed by atoms with van der Waals surface area (Å²) in [6.45, 7) is 0. The van der Waals surface area contributed by atoms with Gasteiger partial charge < -0.3 is 10.2 Å². The van der Waals surface area contributed by atoms with Gasteiger partial charge in [0.2, 0.25) is 0 Å². The van der Waals surface area contributed by atoms with Gasteiger partial charge in [0.05, 0.1) is 15.3 Å². The monoisotopic (exact) mass is 466 g/mol. The first kappa shape index (κ1) is 17.5. The molecule has 0 saturated heterocycles. The second kappa shape index (κ2) is 7.28. The molecule has 0 aliphatic carbocycles. The number of aromatic hydroxyl groups is 2. The standard InChI is InChI=1S/C18H12ClIN2O3/c19-13-5-12(17(24)15(20)8-13)9-21-22-18(25)14-6-10-3-1-2-4-11(10)7-16(14)23/h1-9,23-24H,(H,22,25). The first-order valence-electron chi connectivity index (χ1n) is 7.19. The normalized spacial score (nSPS) is 11.1. The molecule has 3 rings (SSSR count). The van der Waals surface area contributed by atoms with E-state index in [1.165, 1.54) is 18.3 Å². The zero-order valence-corrected chi connectivity index (χ0v) is 15.6. The van der Waals surface area contributed by atoms with Crippen LogP contribution in [-0.4, -0.2) is 22.3 Å². The maximum Gasteiger partial charge on any atom is 0.275 e. The number of hydrogen-bond donors (Lipinski definition) is 3. The van der Waals surface area contributed by atoms with E-state index in [1.54, 1.807) is 12.1 Å². The molecule has 25 heavy (non-hydrogen) atoms. The highest BCUT2D eigenvalue weighted by atomic mass is 127. The number of hydrogen-bond acceptors (Lipinski definition) is 4. The third-order valence-corrected chi connectivity index (χ3v) is 4.58. The molecule has 0 radical (unpaired) electrons. The van der Waals surface area contributed by atoms with Crippen LogP contribution in [0, 0.1) is 3.57 Å². The number of fused-ring (bicyclic) bond motifs is 1. The van der Waals surface area contributed by atoms with Gasteiger partial charge >= 0.3 is 0 Å². The Kier molecular flexibility index (Phi) is 5.10. The van der Waals surface area contributed by atoms with E-state index < -0.39 is 5.91 Å². The summed E-state index contributed by atoms with van der Waals surface area (Å²) in [6, 6.07) is 13.7. The third kappa shape index (κ3) is 3.85. The second-order valence-corrected chi connectivity index (χ2v) is 6.84. The average Bonchev–Trinajstić information content (AvgIpc) is 2.58. The number of halogens is 2. The van der Waals surface area contributed by atoms with Crippen molar-refractivity contribution in [1.82, 2.24) is 5.43 Å². The molecule has 0 aromatic heterocycles. The summed E-state index contributed by atoms with van der Waals surface area (Å²) in [6.07, 6.45) is 1.29. The van der Waals surface area contributed by atoms with Gasteiger partial charge in [-0.25, -0.2) is 5.43 Å². The van der Waals surface area contributed by atoms with Gasteiger partial charge in [-0.3, -0.25) is 4.79 Å². The minimum Gasteiger partial charge on any atom is -0.507 e. The lowest BCUT2D eigenvalue weighted by atomic mass is 10.1. The molecule has 5 nitrogen and oxygen atoms in total. The van der Waals surface area contributed by atoms with Crippen LogP contribution in [0.1, 0.15) is 15.9 Å². The van der Waals surface area contributed by atoms with Crippen molar-refractivity contribution in [2.24, 2.45) is 5.10 Å². The zero-order chi connectivity index (χ0) is 18.0. The molecule has 0 saturated carbocycles. The van der Waals surface area contributed by atoms with Gasteiger partial charge in [0.15, 0.2) is 0 Å². The van der Waals surface area contributed by atoms with Crippen molar-refractivity contribution in [2.45, 2.75) is 0 Å². The predicted octanol–water partition coefficient (Wildman–Crippen LogP) is 4.27. The van der Waals surface area contributed by atoms with Crippen LogP contribution < -0.4 is 5.43 Å². The van der Waals surface area contributed by atoms with E-state index in [9.17, 15) is 15.0 Å². The molecule has 3 aromatic rings. The number of carbonyl (C=O) groups excluding carboxylic acids is 1. The number of rotatable bonds is 3. The molecular formula is C18H12ClIN2O3. The van der Waals surface area contributed by atoms with E-state index in [0.29, 0.717) is 14.2 Å². The highest BCUT2D eigenvalue weighted by molar-refractivity contribution is 14.1. The number of carbonyl (C=O) groups is 1. The van der Waals surface area contributed by atoms with Crippen LogP contribution in [-0.2, 0) is 0 Å². The van der Waals surface area contributed by atoms with Crippen LogP contribution in [0.25, 0.3) is 10.8 Å². The molecule has 0 aliphatic heterocycles. The summed E-state index contributed by atoms with van der Waals surface area (Å²) in [7, 11) is 0. The van der Waals surface area contributed by atoms with Crippen molar-refractivity contribution >= 4 is 57.1 Å². The average molecular weight is 467 g/mol. The summed E-state index contributed by atoms with van der Waals surface area (Å²) in [5.74, 6) is -0.668. The molecule has 126 valence electrons. The van der Waals surface area contributed by atoms with E-state index >= 15 is 0 Å². The topological polar surface area (TPSA) is 81.9 Å². The number of nitrogens with zero attached hydrogens (tertiary/aromatic N) is 1. The number of amides is 1. The van der Waals surface area contributed by atoms with Crippen LogP contribution in [0.2, 0.25) is 5.02 Å². The predicted molar refractivity (Wildman–Crippen MR) is 107 cm³/mol. The number of hydrazone groups is 1. The smallest absolute Gasteiger partial charge is 0.275 e. The molecule has 3 N–H and O–H groups in total. The molecule has 0 bridgehead atoms. The van der Waals surface area contributed by atoms with Crippen molar-refractivity contribution in [1.29, 1.82) is 0 Å². The Labute approximate surface area is 162 Å². The Hall–Kier alpha value is -2.32. The fourth-order valence-corrected chi connectivity index (χ4v) is 3.37. The lowest BCUT2D eigenvalue weighted by Crippen LogP contribution is -2.17. The molecule has 0 atom stereocenters. The second-order valence-electron chi connectivity index (χ2n) is 5.24. The van der Waals surface area contributed by atoms with E-state index in [4.69, 9.17) is 11.6 Å². The van der Waals surface area contributed by atoms with Crippen molar-refractivity contribution in [3.63, 3.8) is 0 Å². The highest BCUT2D eigenvalue weighted by Crippen LogP contribution is 2.27. The van der Waals surface area contributed by atoms with Crippen LogP contribution in [0.3, 0.4) is 0 Å². The molecular weight excluding hydrogens is 455 g/mol. The van der Waals surface area contributed by atoms with Crippen LogP contribution >= 0.6 is 34.2 Å². The molecule has 1 amide bonds. The summed E-state index contributed by atoms with van der Waals surface area (Å²) in [4.78, 5) is 12.2. The van der Waals surface area contributed by atoms with Crippen molar-refractivity contribution < 1.29 is 15.0 Å². The van der Waals surface area contributed by atoms with Gasteiger partial charge in [-0.2, -0.15) is 5.10 Å². The van der Waals surface area contributed by atoms with Gasteiger partial charge in [-0.15, -0.1) is 0 Å². The molecule has 0 unspecified atom stereocenters. The number of nitrogens with one attached hydrogen (secondary N) is 1. The SMILES string of the molecule is O=C(NN=Cc1cc(Cl)cc(I)c1O)c1cc2ccccc2cc1O. The minimum atomic E-state index is -0.560. The Bertz CT molecular complexity index is 1010. The summed E-state index contributed by atoms with van der Waals surface area (Å²) in [5, 5.41) is 25.9. The molecule has 0 aliphatic rings. The fraction of sp³-hybridized carbons (Fsp3) is 0. The first-order valence-corrected chi connectivity index (χ1v) is 8.64. The van der Waals surface area contributed by atoms with E-state index in [-0.39, 0.29) is 17.1 Å². The Morgan fingerprint density at radius 1 is 1.12 bits per heavy atom. The van der Waals surface area contributed by atoms with Crippen LogP contribution in [0.15, 0.2) is 53.6 Å². The lowest BCUT2D eigenvalue weighted by Gasteiger charge is -2.06. The molecule has 0 spiro atoms. The number of benzene rings is 3. The maximum atomic E-state index is 12.2. The summed E-state index contributed by atoms with van der Waals surface area (Å²) < 4.78 is 0.574. The molecule has 0 heterocycles. The summed E-state index contributed by atoms with van der Waals surface area (Å²) in [5.41, 5.74) is 2.82.